The molecule has 1 N–H and O–H groups in total. The number of hydrogen-bond donors (Lipinski definition) is 1. The van der Waals surface area contributed by atoms with Crippen LogP contribution < -0.4 is 5.32 Å². The quantitative estimate of drug-likeness (QED) is 0.799. The Morgan fingerprint density at radius 2 is 2.05 bits per heavy atom. The maximum absolute atomic E-state index is 4.69. The molecule has 0 fully saturated rings. The molecule has 0 aliphatic rings. The second kappa shape index (κ2) is 5.66. The lowest BCUT2D eigenvalue weighted by atomic mass is 9.98. The van der Waals surface area contributed by atoms with Crippen molar-refractivity contribution in [1.82, 2.24) is 20.1 Å². The maximum Gasteiger partial charge on any atom is 0.0722 e. The molecular formula is C17H20N4. The highest BCUT2D eigenvalue weighted by molar-refractivity contribution is 5.81. The molecule has 2 heterocycles. The standard InChI is InChI=1S/C17H20N4/c1-12-11-19-9-8-13(12)15(18-2)10-16-14-6-4-5-7-17(14)21(3)20-16/h4-9,11,15,18H,10H2,1-3H3. The van der Waals surface area contributed by atoms with Crippen LogP contribution in [-0.4, -0.2) is 21.8 Å². The monoisotopic (exact) mass is 280 g/mol. The van der Waals surface area contributed by atoms with Gasteiger partial charge < -0.3 is 5.32 Å². The molecule has 4 nitrogen and oxygen atoms in total. The topological polar surface area (TPSA) is 42.7 Å². The van der Waals surface area contributed by atoms with Crippen molar-refractivity contribution in [3.05, 3.63) is 59.5 Å². The van der Waals surface area contributed by atoms with E-state index in [0.29, 0.717) is 0 Å². The van der Waals surface area contributed by atoms with E-state index in [1.807, 2.05) is 31.2 Å². The molecule has 0 aliphatic carbocycles. The largest absolute Gasteiger partial charge is 0.313 e. The van der Waals surface area contributed by atoms with E-state index < -0.39 is 0 Å². The lowest BCUT2D eigenvalue weighted by Gasteiger charge is -2.17. The summed E-state index contributed by atoms with van der Waals surface area (Å²) >= 11 is 0. The van der Waals surface area contributed by atoms with Gasteiger partial charge in [-0.3, -0.25) is 9.67 Å². The van der Waals surface area contributed by atoms with Crippen molar-refractivity contribution in [2.45, 2.75) is 19.4 Å². The molecule has 1 aromatic carbocycles. The number of nitrogens with zero attached hydrogens (tertiary/aromatic N) is 3. The SMILES string of the molecule is CNC(Cc1nn(C)c2ccccc12)c1ccncc1C. The van der Waals surface area contributed by atoms with Crippen molar-refractivity contribution in [3.63, 3.8) is 0 Å². The summed E-state index contributed by atoms with van der Waals surface area (Å²) in [5.41, 5.74) is 4.79. The Morgan fingerprint density at radius 1 is 1.24 bits per heavy atom. The molecule has 0 saturated heterocycles. The zero-order valence-corrected chi connectivity index (χ0v) is 12.7. The van der Waals surface area contributed by atoms with E-state index in [0.717, 1.165) is 12.1 Å². The number of likely N-dealkylation sites (N-methyl/N-ethyl adjacent to an activating group) is 1. The molecule has 3 rings (SSSR count). The number of nitrogens with one attached hydrogen (secondary N) is 1. The fraction of sp³-hybridized carbons (Fsp3) is 0.294. The Labute approximate surface area is 124 Å². The van der Waals surface area contributed by atoms with Gasteiger partial charge >= 0.3 is 0 Å². The summed E-state index contributed by atoms with van der Waals surface area (Å²) in [7, 11) is 3.99. The Morgan fingerprint density at radius 3 is 2.81 bits per heavy atom. The van der Waals surface area contributed by atoms with Crippen LogP contribution in [0.1, 0.15) is 22.9 Å². The maximum atomic E-state index is 4.69. The van der Waals surface area contributed by atoms with Crippen LogP contribution in [0.25, 0.3) is 10.9 Å². The smallest absolute Gasteiger partial charge is 0.0722 e. The summed E-state index contributed by atoms with van der Waals surface area (Å²) in [4.78, 5) is 4.18. The molecule has 0 spiro atoms. The van der Waals surface area contributed by atoms with Crippen LogP contribution in [0.2, 0.25) is 0 Å². The highest BCUT2D eigenvalue weighted by Gasteiger charge is 2.16. The van der Waals surface area contributed by atoms with E-state index in [2.05, 4.69) is 47.6 Å². The predicted molar refractivity (Wildman–Crippen MR) is 85.2 cm³/mol. The third-order valence-corrected chi connectivity index (χ3v) is 4.02. The molecule has 21 heavy (non-hydrogen) atoms. The van der Waals surface area contributed by atoms with Crippen molar-refractivity contribution in [2.24, 2.45) is 7.05 Å². The highest BCUT2D eigenvalue weighted by Crippen LogP contribution is 2.24. The molecule has 1 unspecified atom stereocenters. The van der Waals surface area contributed by atoms with Gasteiger partial charge in [-0.25, -0.2) is 0 Å². The lowest BCUT2D eigenvalue weighted by Crippen LogP contribution is -2.20. The van der Waals surface area contributed by atoms with Crippen molar-refractivity contribution >= 4 is 10.9 Å². The molecule has 0 radical (unpaired) electrons. The van der Waals surface area contributed by atoms with Crippen molar-refractivity contribution < 1.29 is 0 Å². The molecule has 108 valence electrons. The van der Waals surface area contributed by atoms with Gasteiger partial charge in [-0.2, -0.15) is 5.10 Å². The number of fused-ring (bicyclic) bond motifs is 1. The van der Waals surface area contributed by atoms with Gasteiger partial charge in [0.15, 0.2) is 0 Å². The van der Waals surface area contributed by atoms with Crippen LogP contribution in [-0.2, 0) is 13.5 Å². The molecule has 2 aromatic heterocycles. The molecular weight excluding hydrogens is 260 g/mol. The Balaban J connectivity index is 1.99. The van der Waals surface area contributed by atoms with Crippen LogP contribution in [0.15, 0.2) is 42.7 Å². The number of benzene rings is 1. The third kappa shape index (κ3) is 2.54. The average Bonchev–Trinajstić information content (AvgIpc) is 2.82. The molecule has 4 heteroatoms. The van der Waals surface area contributed by atoms with Gasteiger partial charge in [-0.05, 0) is 37.2 Å². The fourth-order valence-electron chi connectivity index (χ4n) is 2.88. The first-order valence-electron chi connectivity index (χ1n) is 7.19. The van der Waals surface area contributed by atoms with Crippen LogP contribution in [0.3, 0.4) is 0 Å². The number of aromatic nitrogens is 3. The summed E-state index contributed by atoms with van der Waals surface area (Å²) in [5, 5.41) is 9.33. The lowest BCUT2D eigenvalue weighted by molar-refractivity contribution is 0.576. The van der Waals surface area contributed by atoms with Gasteiger partial charge in [0, 0.05) is 37.3 Å². The van der Waals surface area contributed by atoms with Gasteiger partial charge in [0.2, 0.25) is 0 Å². The van der Waals surface area contributed by atoms with Gasteiger partial charge in [-0.1, -0.05) is 18.2 Å². The van der Waals surface area contributed by atoms with Gasteiger partial charge in [0.05, 0.1) is 11.2 Å². The van der Waals surface area contributed by atoms with Crippen LogP contribution in [0.4, 0.5) is 0 Å². The van der Waals surface area contributed by atoms with E-state index in [1.165, 1.54) is 22.0 Å². The molecule has 3 aromatic rings. The summed E-state index contributed by atoms with van der Waals surface area (Å²) in [5.74, 6) is 0. The van der Waals surface area contributed by atoms with Crippen molar-refractivity contribution in [1.29, 1.82) is 0 Å². The fourth-order valence-corrected chi connectivity index (χ4v) is 2.88. The summed E-state index contributed by atoms with van der Waals surface area (Å²) in [6.07, 6.45) is 4.63. The second-order valence-corrected chi connectivity index (χ2v) is 5.37. The molecule has 0 amide bonds. The van der Waals surface area contributed by atoms with E-state index in [9.17, 15) is 0 Å². The number of para-hydroxylation sites is 1. The minimum absolute atomic E-state index is 0.242. The van der Waals surface area contributed by atoms with Gasteiger partial charge in [-0.15, -0.1) is 0 Å². The minimum Gasteiger partial charge on any atom is -0.313 e. The predicted octanol–water partition coefficient (Wildman–Crippen LogP) is 2.78. The first-order valence-corrected chi connectivity index (χ1v) is 7.19. The van der Waals surface area contributed by atoms with E-state index in [-0.39, 0.29) is 6.04 Å². The zero-order valence-electron chi connectivity index (χ0n) is 12.7. The van der Waals surface area contributed by atoms with E-state index in [1.54, 1.807) is 0 Å². The Hall–Kier alpha value is -2.20. The number of aryl methyl sites for hydroxylation is 2. The van der Waals surface area contributed by atoms with Crippen LogP contribution in [0.5, 0.6) is 0 Å². The summed E-state index contributed by atoms with van der Waals surface area (Å²) in [6, 6.07) is 10.7. The zero-order chi connectivity index (χ0) is 14.8. The average molecular weight is 280 g/mol. The summed E-state index contributed by atoms with van der Waals surface area (Å²) < 4.78 is 1.96. The molecule has 0 bridgehead atoms. The summed E-state index contributed by atoms with van der Waals surface area (Å²) in [6.45, 7) is 2.10. The van der Waals surface area contributed by atoms with Crippen LogP contribution in [0, 0.1) is 6.92 Å². The Kier molecular flexibility index (Phi) is 3.71. The van der Waals surface area contributed by atoms with Gasteiger partial charge in [0.25, 0.3) is 0 Å². The van der Waals surface area contributed by atoms with E-state index in [4.69, 9.17) is 5.10 Å². The second-order valence-electron chi connectivity index (χ2n) is 5.37. The molecule has 1 atom stereocenters. The van der Waals surface area contributed by atoms with Crippen LogP contribution >= 0.6 is 0 Å². The third-order valence-electron chi connectivity index (χ3n) is 4.02. The highest BCUT2D eigenvalue weighted by atomic mass is 15.3. The molecule has 0 saturated carbocycles. The van der Waals surface area contributed by atoms with Crippen molar-refractivity contribution in [2.75, 3.05) is 7.05 Å². The van der Waals surface area contributed by atoms with Crippen molar-refractivity contribution in [3.8, 4) is 0 Å². The number of pyridine rings is 1. The molecule has 0 aliphatic heterocycles. The van der Waals surface area contributed by atoms with E-state index >= 15 is 0 Å². The minimum atomic E-state index is 0.242. The Bertz CT molecular complexity index is 760. The first-order chi connectivity index (χ1) is 10.2. The first kappa shape index (κ1) is 13.8. The number of rotatable bonds is 4. The normalized spacial score (nSPS) is 12.7. The number of hydrogen-bond acceptors (Lipinski definition) is 3. The van der Waals surface area contributed by atoms with Gasteiger partial charge in [0.1, 0.15) is 0 Å².